The highest BCUT2D eigenvalue weighted by Gasteiger charge is 2.08. The third-order valence-corrected chi connectivity index (χ3v) is 6.31. The molecule has 0 bridgehead atoms. The summed E-state index contributed by atoms with van der Waals surface area (Å²) in [5, 5.41) is 12.3. The predicted octanol–water partition coefficient (Wildman–Crippen LogP) is 4.22. The molecular formula is C15H16N4OS3. The van der Waals surface area contributed by atoms with Gasteiger partial charge in [-0.25, -0.2) is 4.98 Å². The molecule has 0 saturated heterocycles. The maximum absolute atomic E-state index is 11.9. The zero-order valence-corrected chi connectivity index (χ0v) is 15.1. The average Bonchev–Trinajstić information content (AvgIpc) is 3.17. The number of benzene rings is 1. The van der Waals surface area contributed by atoms with E-state index in [9.17, 15) is 4.79 Å². The van der Waals surface area contributed by atoms with E-state index < -0.39 is 0 Å². The van der Waals surface area contributed by atoms with Crippen LogP contribution in [0.3, 0.4) is 0 Å². The summed E-state index contributed by atoms with van der Waals surface area (Å²) in [6.07, 6.45) is 2.14. The van der Waals surface area contributed by atoms with Gasteiger partial charge in [-0.15, -0.1) is 21.5 Å². The van der Waals surface area contributed by atoms with Crippen LogP contribution in [-0.4, -0.2) is 26.8 Å². The summed E-state index contributed by atoms with van der Waals surface area (Å²) >= 11 is 4.83. The van der Waals surface area contributed by atoms with Crippen molar-refractivity contribution in [3.05, 3.63) is 29.3 Å². The van der Waals surface area contributed by atoms with Gasteiger partial charge < -0.3 is 5.32 Å². The zero-order valence-electron chi connectivity index (χ0n) is 12.6. The molecule has 1 amide bonds. The van der Waals surface area contributed by atoms with Crippen molar-refractivity contribution in [2.24, 2.45) is 0 Å². The summed E-state index contributed by atoms with van der Waals surface area (Å²) in [6, 6.07) is 8.13. The van der Waals surface area contributed by atoms with Crippen LogP contribution in [0.2, 0.25) is 0 Å². The quantitative estimate of drug-likeness (QED) is 0.502. The first kappa shape index (κ1) is 16.4. The first-order valence-electron chi connectivity index (χ1n) is 7.35. The van der Waals surface area contributed by atoms with E-state index in [1.165, 1.54) is 16.0 Å². The Labute approximate surface area is 146 Å². The van der Waals surface area contributed by atoms with Gasteiger partial charge in [0.05, 0.1) is 10.2 Å². The minimum Gasteiger partial charge on any atom is -0.301 e. The van der Waals surface area contributed by atoms with Crippen molar-refractivity contribution in [3.8, 4) is 0 Å². The van der Waals surface area contributed by atoms with E-state index in [0.717, 1.165) is 33.5 Å². The van der Waals surface area contributed by atoms with Gasteiger partial charge in [0.1, 0.15) is 5.01 Å². The van der Waals surface area contributed by atoms with Crippen molar-refractivity contribution in [1.29, 1.82) is 0 Å². The molecule has 3 aromatic rings. The van der Waals surface area contributed by atoms with Crippen LogP contribution in [0.1, 0.15) is 24.8 Å². The lowest BCUT2D eigenvalue weighted by molar-refractivity contribution is -0.116. The molecule has 0 atom stereocenters. The van der Waals surface area contributed by atoms with E-state index in [-0.39, 0.29) is 5.91 Å². The summed E-state index contributed by atoms with van der Waals surface area (Å²) < 4.78 is 2.26. The second-order valence-electron chi connectivity index (χ2n) is 4.80. The largest absolute Gasteiger partial charge is 0.301 e. The van der Waals surface area contributed by atoms with Crippen molar-refractivity contribution in [2.75, 3.05) is 11.1 Å². The predicted molar refractivity (Wildman–Crippen MR) is 97.5 cm³/mol. The number of thioether (sulfide) groups is 1. The van der Waals surface area contributed by atoms with E-state index in [1.54, 1.807) is 23.1 Å². The molecule has 23 heavy (non-hydrogen) atoms. The summed E-state index contributed by atoms with van der Waals surface area (Å²) in [4.78, 5) is 16.4. The van der Waals surface area contributed by atoms with Crippen LogP contribution in [-0.2, 0) is 11.2 Å². The summed E-state index contributed by atoms with van der Waals surface area (Å²) in [6.45, 7) is 2.02. The van der Waals surface area contributed by atoms with Gasteiger partial charge in [0.2, 0.25) is 11.0 Å². The van der Waals surface area contributed by atoms with Crippen LogP contribution in [0.15, 0.2) is 28.6 Å². The number of aryl methyl sites for hydroxylation is 1. The van der Waals surface area contributed by atoms with Crippen molar-refractivity contribution in [2.45, 2.75) is 30.5 Å². The lowest BCUT2D eigenvalue weighted by Gasteiger charge is -2.00. The molecule has 0 aliphatic heterocycles. The Kier molecular flexibility index (Phi) is 5.58. The van der Waals surface area contributed by atoms with Crippen molar-refractivity contribution in [1.82, 2.24) is 15.2 Å². The molecule has 0 saturated carbocycles. The van der Waals surface area contributed by atoms with Gasteiger partial charge in [-0.2, -0.15) is 0 Å². The Morgan fingerprint density at radius 1 is 1.26 bits per heavy atom. The number of hydrogen-bond acceptors (Lipinski definition) is 7. The number of anilines is 1. The number of nitrogens with zero attached hydrogens (tertiary/aromatic N) is 3. The molecule has 0 aliphatic carbocycles. The molecule has 8 heteroatoms. The number of rotatable bonds is 7. The molecule has 2 heterocycles. The molecule has 1 N–H and O–H groups in total. The van der Waals surface area contributed by atoms with E-state index in [4.69, 9.17) is 0 Å². The summed E-state index contributed by atoms with van der Waals surface area (Å²) in [5.74, 6) is 0.873. The number of amides is 1. The Bertz CT molecular complexity index is 766. The Hall–Kier alpha value is -1.51. The molecule has 5 nitrogen and oxygen atoms in total. The van der Waals surface area contributed by atoms with Crippen molar-refractivity contribution >= 4 is 55.7 Å². The molecule has 3 rings (SSSR count). The Morgan fingerprint density at radius 2 is 2.13 bits per heavy atom. The van der Waals surface area contributed by atoms with Gasteiger partial charge in [-0.3, -0.25) is 4.79 Å². The van der Waals surface area contributed by atoms with Gasteiger partial charge in [-0.1, -0.05) is 42.2 Å². The third-order valence-electron chi connectivity index (χ3n) is 3.06. The summed E-state index contributed by atoms with van der Waals surface area (Å²) in [7, 11) is 0. The lowest BCUT2D eigenvalue weighted by Crippen LogP contribution is -2.11. The van der Waals surface area contributed by atoms with Crippen LogP contribution < -0.4 is 5.32 Å². The number of aromatic nitrogens is 3. The molecule has 1 aromatic carbocycles. The summed E-state index contributed by atoms with van der Waals surface area (Å²) in [5.41, 5.74) is 1.04. The molecule has 0 unspecified atom stereocenters. The minimum absolute atomic E-state index is 0.00583. The van der Waals surface area contributed by atoms with E-state index >= 15 is 0 Å². The molecule has 120 valence electrons. The Balaban J connectivity index is 1.41. The van der Waals surface area contributed by atoms with Crippen LogP contribution >= 0.6 is 34.4 Å². The van der Waals surface area contributed by atoms with Crippen LogP contribution in [0.4, 0.5) is 5.13 Å². The molecule has 0 radical (unpaired) electrons. The van der Waals surface area contributed by atoms with E-state index in [1.807, 2.05) is 25.1 Å². The average molecular weight is 365 g/mol. The standard InChI is InChI=1S/C15H16N4OS3/c1-2-13-18-19-14(23-13)17-12(20)8-5-9-21-15-16-10-6-3-4-7-11(10)22-15/h3-4,6-7H,2,5,8-9H2,1H3,(H,17,19,20). The highest BCUT2D eigenvalue weighted by molar-refractivity contribution is 8.01. The molecule has 2 aromatic heterocycles. The SMILES string of the molecule is CCc1nnc(NC(=O)CCCSc2nc3ccccc3s2)s1. The first-order valence-corrected chi connectivity index (χ1v) is 9.97. The molecule has 0 fully saturated rings. The molecule has 0 aliphatic rings. The van der Waals surface area contributed by atoms with Gasteiger partial charge in [0.25, 0.3) is 0 Å². The fourth-order valence-corrected chi connectivity index (χ4v) is 4.71. The number of carbonyl (C=O) groups excluding carboxylic acids is 1. The van der Waals surface area contributed by atoms with Crippen LogP contribution in [0.5, 0.6) is 0 Å². The number of hydrogen-bond donors (Lipinski definition) is 1. The van der Waals surface area contributed by atoms with Gasteiger partial charge in [0, 0.05) is 12.2 Å². The lowest BCUT2D eigenvalue weighted by atomic mass is 10.3. The fraction of sp³-hybridized carbons (Fsp3) is 0.333. The van der Waals surface area contributed by atoms with E-state index in [2.05, 4.69) is 26.6 Å². The smallest absolute Gasteiger partial charge is 0.226 e. The Morgan fingerprint density at radius 3 is 2.91 bits per heavy atom. The number of carbonyl (C=O) groups is 1. The van der Waals surface area contributed by atoms with Crippen molar-refractivity contribution in [3.63, 3.8) is 0 Å². The van der Waals surface area contributed by atoms with Crippen LogP contribution in [0.25, 0.3) is 10.2 Å². The monoisotopic (exact) mass is 364 g/mol. The molecular weight excluding hydrogens is 348 g/mol. The highest BCUT2D eigenvalue weighted by atomic mass is 32.2. The van der Waals surface area contributed by atoms with Gasteiger partial charge in [0.15, 0.2) is 4.34 Å². The maximum atomic E-state index is 11.9. The highest BCUT2D eigenvalue weighted by Crippen LogP contribution is 2.29. The maximum Gasteiger partial charge on any atom is 0.226 e. The van der Waals surface area contributed by atoms with Crippen molar-refractivity contribution < 1.29 is 4.79 Å². The number of nitrogens with one attached hydrogen (secondary N) is 1. The topological polar surface area (TPSA) is 67.8 Å². The number of fused-ring (bicyclic) bond motifs is 1. The third kappa shape index (κ3) is 4.49. The first-order chi connectivity index (χ1) is 11.2. The normalized spacial score (nSPS) is 11.0. The van der Waals surface area contributed by atoms with Gasteiger partial charge in [-0.05, 0) is 25.0 Å². The number of para-hydroxylation sites is 1. The number of thiazole rings is 1. The van der Waals surface area contributed by atoms with Gasteiger partial charge >= 0.3 is 0 Å². The van der Waals surface area contributed by atoms with E-state index in [0.29, 0.717) is 11.6 Å². The fourth-order valence-electron chi connectivity index (χ4n) is 1.93. The zero-order chi connectivity index (χ0) is 16.1. The minimum atomic E-state index is -0.00583. The van der Waals surface area contributed by atoms with Crippen LogP contribution in [0, 0.1) is 0 Å². The second kappa shape index (κ2) is 7.85. The molecule has 0 spiro atoms. The second-order valence-corrected chi connectivity index (χ2v) is 8.24.